The first-order valence-electron chi connectivity index (χ1n) is 11.2. The molecule has 3 N–H and O–H groups in total. The van der Waals surface area contributed by atoms with Gasteiger partial charge in [-0.25, -0.2) is 5.43 Å². The van der Waals surface area contributed by atoms with Crippen molar-refractivity contribution >= 4 is 75.4 Å². The number of carbonyl (C=O) groups excluding carboxylic acids is 3. The second-order valence-corrected chi connectivity index (χ2v) is 9.65. The standard InChI is InChI=1S/C26H23Cl2IN4O6/c1-37-17-8-6-15(7-9-17)12-30-25(35)26(36)33-31-13-16-10-19(29)24(21(11-16)38-2)39-14-22(34)32-20-5-3-4-18(27)23(20)28/h3-11,13H,12,14H2,1-2H3,(H,30,35)(H,32,34)(H,33,36)/b31-13-. The molecule has 0 aliphatic rings. The molecular weight excluding hydrogens is 662 g/mol. The van der Waals surface area contributed by atoms with E-state index in [-0.39, 0.29) is 18.2 Å². The normalized spacial score (nSPS) is 10.6. The number of carbonyl (C=O) groups is 3. The summed E-state index contributed by atoms with van der Waals surface area (Å²) < 4.78 is 16.8. The molecule has 13 heteroatoms. The maximum Gasteiger partial charge on any atom is 0.329 e. The number of halogens is 3. The maximum atomic E-state index is 12.4. The maximum absolute atomic E-state index is 12.4. The molecule has 0 spiro atoms. The lowest BCUT2D eigenvalue weighted by Crippen LogP contribution is -2.37. The van der Waals surface area contributed by atoms with Gasteiger partial charge in [0.15, 0.2) is 18.1 Å². The van der Waals surface area contributed by atoms with Crippen LogP contribution in [0.3, 0.4) is 0 Å². The van der Waals surface area contributed by atoms with E-state index < -0.39 is 17.7 Å². The molecule has 0 fully saturated rings. The van der Waals surface area contributed by atoms with Gasteiger partial charge in [-0.1, -0.05) is 41.4 Å². The van der Waals surface area contributed by atoms with Crippen LogP contribution in [0.4, 0.5) is 5.69 Å². The van der Waals surface area contributed by atoms with Crippen molar-refractivity contribution in [3.05, 3.63) is 79.3 Å². The number of methoxy groups -OCH3 is 2. The highest BCUT2D eigenvalue weighted by molar-refractivity contribution is 14.1. The summed E-state index contributed by atoms with van der Waals surface area (Å²) >= 11 is 14.1. The lowest BCUT2D eigenvalue weighted by molar-refractivity contribution is -0.139. The van der Waals surface area contributed by atoms with E-state index in [0.29, 0.717) is 37.1 Å². The highest BCUT2D eigenvalue weighted by Crippen LogP contribution is 2.34. The highest BCUT2D eigenvalue weighted by Gasteiger charge is 2.15. The number of ether oxygens (including phenoxy) is 3. The van der Waals surface area contributed by atoms with Crippen LogP contribution >= 0.6 is 45.8 Å². The topological polar surface area (TPSA) is 127 Å². The summed E-state index contributed by atoms with van der Waals surface area (Å²) in [5, 5.41) is 9.53. The molecule has 0 heterocycles. The van der Waals surface area contributed by atoms with E-state index in [2.05, 4.69) is 21.2 Å². The van der Waals surface area contributed by atoms with Gasteiger partial charge in [-0.15, -0.1) is 0 Å². The minimum atomic E-state index is -0.924. The van der Waals surface area contributed by atoms with E-state index >= 15 is 0 Å². The fourth-order valence-corrected chi connectivity index (χ4v) is 4.23. The second-order valence-electron chi connectivity index (χ2n) is 7.70. The molecule has 0 aliphatic carbocycles. The van der Waals surface area contributed by atoms with Crippen molar-refractivity contribution < 1.29 is 28.6 Å². The van der Waals surface area contributed by atoms with E-state index in [9.17, 15) is 14.4 Å². The van der Waals surface area contributed by atoms with Crippen LogP contribution in [0, 0.1) is 3.57 Å². The summed E-state index contributed by atoms with van der Waals surface area (Å²) in [6, 6.07) is 15.2. The SMILES string of the molecule is COc1ccc(CNC(=O)C(=O)N/N=C\c2cc(I)c(OCC(=O)Nc3cccc(Cl)c3Cl)c(OC)c2)cc1. The third-order valence-corrected chi connectivity index (χ3v) is 6.64. The quantitative estimate of drug-likeness (QED) is 0.126. The van der Waals surface area contributed by atoms with Gasteiger partial charge in [0.25, 0.3) is 5.91 Å². The summed E-state index contributed by atoms with van der Waals surface area (Å²) in [7, 11) is 3.00. The number of hydrazone groups is 1. The first-order valence-corrected chi connectivity index (χ1v) is 13.0. The number of nitrogens with one attached hydrogen (secondary N) is 3. The second kappa shape index (κ2) is 14.6. The molecule has 0 bridgehead atoms. The van der Waals surface area contributed by atoms with Crippen LogP contribution in [0.1, 0.15) is 11.1 Å². The van der Waals surface area contributed by atoms with Gasteiger partial charge >= 0.3 is 11.8 Å². The van der Waals surface area contributed by atoms with Gasteiger partial charge in [0.05, 0.1) is 39.7 Å². The molecule has 0 aromatic heterocycles. The van der Waals surface area contributed by atoms with Crippen LogP contribution < -0.4 is 30.3 Å². The van der Waals surface area contributed by atoms with Crippen LogP contribution in [-0.4, -0.2) is 44.8 Å². The van der Waals surface area contributed by atoms with Crippen LogP contribution in [0.25, 0.3) is 0 Å². The van der Waals surface area contributed by atoms with E-state index in [1.807, 2.05) is 22.6 Å². The zero-order valence-electron chi connectivity index (χ0n) is 20.7. The van der Waals surface area contributed by atoms with Gasteiger partial charge in [0.2, 0.25) is 0 Å². The Morgan fingerprint density at radius 1 is 1.00 bits per heavy atom. The number of benzene rings is 3. The molecule has 10 nitrogen and oxygen atoms in total. The van der Waals surface area contributed by atoms with E-state index in [1.54, 1.807) is 61.7 Å². The molecule has 0 saturated carbocycles. The summed E-state index contributed by atoms with van der Waals surface area (Å²) in [4.78, 5) is 36.5. The number of amides is 3. The van der Waals surface area contributed by atoms with Crippen molar-refractivity contribution in [2.75, 3.05) is 26.1 Å². The molecule has 3 rings (SSSR count). The zero-order valence-corrected chi connectivity index (χ0v) is 24.4. The monoisotopic (exact) mass is 684 g/mol. The summed E-state index contributed by atoms with van der Waals surface area (Å²) in [6.45, 7) is -0.148. The first kappa shape index (κ1) is 30.0. The molecule has 3 amide bonds. The number of hydrogen-bond donors (Lipinski definition) is 3. The van der Waals surface area contributed by atoms with E-state index in [4.69, 9.17) is 37.4 Å². The summed E-state index contributed by atoms with van der Waals surface area (Å²) in [5.74, 6) is -0.850. The van der Waals surface area contributed by atoms with Gasteiger partial charge < -0.3 is 24.8 Å². The van der Waals surface area contributed by atoms with Crippen molar-refractivity contribution in [2.24, 2.45) is 5.10 Å². The Morgan fingerprint density at radius 3 is 2.44 bits per heavy atom. The molecule has 0 radical (unpaired) electrons. The third-order valence-electron chi connectivity index (χ3n) is 5.02. The Morgan fingerprint density at radius 2 is 1.74 bits per heavy atom. The van der Waals surface area contributed by atoms with Gasteiger partial charge in [-0.2, -0.15) is 5.10 Å². The minimum Gasteiger partial charge on any atom is -0.497 e. The van der Waals surface area contributed by atoms with Crippen molar-refractivity contribution in [3.8, 4) is 17.2 Å². The lowest BCUT2D eigenvalue weighted by atomic mass is 10.2. The Balaban J connectivity index is 1.54. The van der Waals surface area contributed by atoms with Crippen molar-refractivity contribution in [3.63, 3.8) is 0 Å². The number of anilines is 1. The average Bonchev–Trinajstić information content (AvgIpc) is 2.93. The molecular formula is C26H23Cl2IN4O6. The van der Waals surface area contributed by atoms with Crippen LogP contribution in [0.5, 0.6) is 17.2 Å². The molecule has 3 aromatic carbocycles. The molecule has 3 aromatic rings. The fourth-order valence-electron chi connectivity index (χ4n) is 3.10. The van der Waals surface area contributed by atoms with Gasteiger partial charge in [0, 0.05) is 6.54 Å². The van der Waals surface area contributed by atoms with Crippen molar-refractivity contribution in [1.29, 1.82) is 0 Å². The first-order chi connectivity index (χ1) is 18.7. The summed E-state index contributed by atoms with van der Waals surface area (Å²) in [6.07, 6.45) is 1.34. The molecule has 204 valence electrons. The van der Waals surface area contributed by atoms with Crippen molar-refractivity contribution in [1.82, 2.24) is 10.7 Å². The van der Waals surface area contributed by atoms with Gasteiger partial charge in [-0.3, -0.25) is 14.4 Å². The predicted octanol–water partition coefficient (Wildman–Crippen LogP) is 4.40. The van der Waals surface area contributed by atoms with Gasteiger partial charge in [0.1, 0.15) is 5.75 Å². The van der Waals surface area contributed by atoms with Crippen molar-refractivity contribution in [2.45, 2.75) is 6.54 Å². The Labute approximate surface area is 248 Å². The van der Waals surface area contributed by atoms with E-state index in [0.717, 1.165) is 5.56 Å². The Bertz CT molecular complexity index is 1390. The van der Waals surface area contributed by atoms with Gasteiger partial charge in [-0.05, 0) is 70.1 Å². The number of hydrogen-bond acceptors (Lipinski definition) is 7. The Kier molecular flexibility index (Phi) is 11.2. The molecule has 0 unspecified atom stereocenters. The third kappa shape index (κ3) is 8.73. The molecule has 0 aliphatic heterocycles. The number of nitrogens with zero attached hydrogens (tertiary/aromatic N) is 1. The Hall–Kier alpha value is -3.55. The molecule has 39 heavy (non-hydrogen) atoms. The smallest absolute Gasteiger partial charge is 0.329 e. The number of rotatable bonds is 10. The lowest BCUT2D eigenvalue weighted by Gasteiger charge is -2.14. The fraction of sp³-hybridized carbons (Fsp3) is 0.154. The average molecular weight is 685 g/mol. The van der Waals surface area contributed by atoms with E-state index in [1.165, 1.54) is 13.3 Å². The van der Waals surface area contributed by atoms with Crippen LogP contribution in [0.15, 0.2) is 59.7 Å². The van der Waals surface area contributed by atoms with Crippen LogP contribution in [0.2, 0.25) is 10.0 Å². The van der Waals surface area contributed by atoms with Crippen LogP contribution in [-0.2, 0) is 20.9 Å². The molecule has 0 saturated heterocycles. The largest absolute Gasteiger partial charge is 0.497 e. The molecule has 0 atom stereocenters. The predicted molar refractivity (Wildman–Crippen MR) is 157 cm³/mol. The highest BCUT2D eigenvalue weighted by atomic mass is 127. The zero-order chi connectivity index (χ0) is 28.4. The minimum absolute atomic E-state index is 0.168. The summed E-state index contributed by atoms with van der Waals surface area (Å²) in [5.41, 5.74) is 3.90.